The number of amides is 1. The van der Waals surface area contributed by atoms with Crippen LogP contribution in [0.4, 0.5) is 0 Å². The molecule has 0 aromatic rings. The molecule has 17 heavy (non-hydrogen) atoms. The fourth-order valence-electron chi connectivity index (χ4n) is 2.75. The van der Waals surface area contributed by atoms with Crippen LogP contribution in [0.1, 0.15) is 46.0 Å². The van der Waals surface area contributed by atoms with Crippen molar-refractivity contribution in [3.8, 4) is 0 Å². The van der Waals surface area contributed by atoms with Crippen molar-refractivity contribution in [3.63, 3.8) is 0 Å². The zero-order chi connectivity index (χ0) is 12.3. The van der Waals surface area contributed by atoms with Gasteiger partial charge in [0.2, 0.25) is 5.91 Å². The van der Waals surface area contributed by atoms with Crippen LogP contribution in [0.5, 0.6) is 0 Å². The third-order valence-electron chi connectivity index (χ3n) is 3.86. The molecule has 2 fully saturated rings. The predicted molar refractivity (Wildman–Crippen MR) is 66.8 cm³/mol. The summed E-state index contributed by atoms with van der Waals surface area (Å²) in [5, 5.41) is 6.61. The highest BCUT2D eigenvalue weighted by atomic mass is 16.5. The van der Waals surface area contributed by atoms with Gasteiger partial charge in [0.15, 0.2) is 0 Å². The Kier molecular flexibility index (Phi) is 4.40. The number of rotatable bonds is 2. The molecule has 4 nitrogen and oxygen atoms in total. The van der Waals surface area contributed by atoms with Gasteiger partial charge in [0.05, 0.1) is 0 Å². The third-order valence-corrected chi connectivity index (χ3v) is 3.86. The van der Waals surface area contributed by atoms with E-state index in [1.54, 1.807) is 0 Å². The van der Waals surface area contributed by atoms with Crippen molar-refractivity contribution in [2.75, 3.05) is 6.61 Å². The lowest BCUT2D eigenvalue weighted by molar-refractivity contribution is -0.136. The number of piperidine rings is 1. The summed E-state index contributed by atoms with van der Waals surface area (Å²) in [7, 11) is 0. The van der Waals surface area contributed by atoms with E-state index in [0.717, 1.165) is 38.7 Å². The average Bonchev–Trinajstić information content (AvgIpc) is 2.34. The number of hydrogen-bond acceptors (Lipinski definition) is 3. The highest BCUT2D eigenvalue weighted by Crippen LogP contribution is 2.16. The molecule has 0 aliphatic carbocycles. The van der Waals surface area contributed by atoms with Gasteiger partial charge in [-0.3, -0.25) is 4.79 Å². The van der Waals surface area contributed by atoms with E-state index in [1.165, 1.54) is 0 Å². The van der Waals surface area contributed by atoms with Gasteiger partial charge in [-0.1, -0.05) is 0 Å². The van der Waals surface area contributed by atoms with Gasteiger partial charge >= 0.3 is 0 Å². The molecule has 0 radical (unpaired) electrons. The molecule has 0 aromatic heterocycles. The van der Waals surface area contributed by atoms with E-state index in [0.29, 0.717) is 12.1 Å². The molecule has 0 saturated carbocycles. The molecule has 2 aliphatic heterocycles. The molecule has 2 saturated heterocycles. The van der Waals surface area contributed by atoms with Gasteiger partial charge in [-0.2, -0.15) is 0 Å². The topological polar surface area (TPSA) is 50.4 Å². The molecule has 2 heterocycles. The smallest absolute Gasteiger partial charge is 0.249 e. The number of carbonyl (C=O) groups excluding carboxylic acids is 1. The summed E-state index contributed by atoms with van der Waals surface area (Å²) < 4.78 is 5.51. The Bertz CT molecular complexity index is 264. The zero-order valence-corrected chi connectivity index (χ0v) is 10.9. The number of ether oxygens (including phenoxy) is 1. The highest BCUT2D eigenvalue weighted by Gasteiger charge is 2.29. The summed E-state index contributed by atoms with van der Waals surface area (Å²) in [6, 6.07) is 1.17. The van der Waals surface area contributed by atoms with Gasteiger partial charge in [0.25, 0.3) is 0 Å². The van der Waals surface area contributed by atoms with E-state index < -0.39 is 0 Å². The fraction of sp³-hybridized carbons (Fsp3) is 0.923. The standard InChI is InChI=1S/C13H24N2O2/c1-9-6-7-11(10(2)14-9)15-13(16)12-5-3-4-8-17-12/h9-12,14H,3-8H2,1-2H3,(H,15,16). The van der Waals surface area contributed by atoms with Crippen LogP contribution in [0.25, 0.3) is 0 Å². The van der Waals surface area contributed by atoms with Gasteiger partial charge < -0.3 is 15.4 Å². The van der Waals surface area contributed by atoms with Crippen molar-refractivity contribution < 1.29 is 9.53 Å². The minimum absolute atomic E-state index is 0.0814. The maximum Gasteiger partial charge on any atom is 0.249 e. The zero-order valence-electron chi connectivity index (χ0n) is 10.9. The predicted octanol–water partition coefficient (Wildman–Crippen LogP) is 1.20. The molecule has 4 atom stereocenters. The van der Waals surface area contributed by atoms with Crippen molar-refractivity contribution in [1.82, 2.24) is 10.6 Å². The Morgan fingerprint density at radius 2 is 2.06 bits per heavy atom. The van der Waals surface area contributed by atoms with Gasteiger partial charge in [0.1, 0.15) is 6.10 Å². The van der Waals surface area contributed by atoms with E-state index in [9.17, 15) is 4.79 Å². The SMILES string of the molecule is CC1CCC(NC(=O)C2CCCCO2)C(C)N1. The second kappa shape index (κ2) is 5.83. The molecule has 1 amide bonds. The summed E-state index contributed by atoms with van der Waals surface area (Å²) in [4.78, 5) is 12.0. The Hall–Kier alpha value is -0.610. The first-order valence-corrected chi connectivity index (χ1v) is 6.85. The molecule has 2 aliphatic rings. The Morgan fingerprint density at radius 1 is 1.24 bits per heavy atom. The Balaban J connectivity index is 1.81. The van der Waals surface area contributed by atoms with E-state index in [4.69, 9.17) is 4.74 Å². The van der Waals surface area contributed by atoms with Crippen molar-refractivity contribution in [2.45, 2.75) is 70.2 Å². The minimum Gasteiger partial charge on any atom is -0.368 e. The maximum atomic E-state index is 12.0. The van der Waals surface area contributed by atoms with Crippen LogP contribution in [-0.4, -0.2) is 36.7 Å². The van der Waals surface area contributed by atoms with Crippen LogP contribution in [-0.2, 0) is 9.53 Å². The van der Waals surface area contributed by atoms with Gasteiger partial charge in [-0.05, 0) is 46.0 Å². The van der Waals surface area contributed by atoms with E-state index in [2.05, 4.69) is 24.5 Å². The van der Waals surface area contributed by atoms with Crippen molar-refractivity contribution in [3.05, 3.63) is 0 Å². The number of nitrogens with one attached hydrogen (secondary N) is 2. The highest BCUT2D eigenvalue weighted by molar-refractivity contribution is 5.81. The lowest BCUT2D eigenvalue weighted by Crippen LogP contribution is -2.56. The van der Waals surface area contributed by atoms with Gasteiger partial charge in [-0.15, -0.1) is 0 Å². The molecule has 0 bridgehead atoms. The molecular formula is C13H24N2O2. The maximum absolute atomic E-state index is 12.0. The van der Waals surface area contributed by atoms with Crippen molar-refractivity contribution in [1.29, 1.82) is 0 Å². The number of carbonyl (C=O) groups is 1. The summed E-state index contributed by atoms with van der Waals surface area (Å²) >= 11 is 0. The number of hydrogen-bond donors (Lipinski definition) is 2. The lowest BCUT2D eigenvalue weighted by atomic mass is 9.95. The van der Waals surface area contributed by atoms with Crippen molar-refractivity contribution >= 4 is 5.91 Å². The molecule has 4 unspecified atom stereocenters. The van der Waals surface area contributed by atoms with Gasteiger partial charge in [-0.25, -0.2) is 0 Å². The first-order valence-electron chi connectivity index (χ1n) is 6.85. The molecule has 0 spiro atoms. The summed E-state index contributed by atoms with van der Waals surface area (Å²) in [5.41, 5.74) is 0. The lowest BCUT2D eigenvalue weighted by Gasteiger charge is -2.35. The van der Waals surface area contributed by atoms with Crippen LogP contribution in [0.15, 0.2) is 0 Å². The van der Waals surface area contributed by atoms with Crippen LogP contribution >= 0.6 is 0 Å². The minimum atomic E-state index is -0.213. The van der Waals surface area contributed by atoms with Gasteiger partial charge in [0, 0.05) is 24.7 Å². The van der Waals surface area contributed by atoms with Crippen LogP contribution in [0.3, 0.4) is 0 Å². The van der Waals surface area contributed by atoms with E-state index in [-0.39, 0.29) is 18.1 Å². The average molecular weight is 240 g/mol. The normalized spacial score (nSPS) is 38.7. The second-order valence-electron chi connectivity index (χ2n) is 5.40. The monoisotopic (exact) mass is 240 g/mol. The van der Waals surface area contributed by atoms with Crippen LogP contribution < -0.4 is 10.6 Å². The Morgan fingerprint density at radius 3 is 2.71 bits per heavy atom. The van der Waals surface area contributed by atoms with Crippen LogP contribution in [0, 0.1) is 0 Å². The summed E-state index contributed by atoms with van der Waals surface area (Å²) in [6.07, 6.45) is 5.04. The molecule has 4 heteroatoms. The van der Waals surface area contributed by atoms with E-state index in [1.807, 2.05) is 0 Å². The molecule has 2 N–H and O–H groups in total. The third kappa shape index (κ3) is 3.42. The second-order valence-corrected chi connectivity index (χ2v) is 5.40. The van der Waals surface area contributed by atoms with E-state index >= 15 is 0 Å². The fourth-order valence-corrected chi connectivity index (χ4v) is 2.75. The molecule has 98 valence electrons. The van der Waals surface area contributed by atoms with Crippen LogP contribution in [0.2, 0.25) is 0 Å². The first kappa shape index (κ1) is 12.8. The largest absolute Gasteiger partial charge is 0.368 e. The Labute approximate surface area is 103 Å². The summed E-state index contributed by atoms with van der Waals surface area (Å²) in [6.45, 7) is 5.06. The molecule has 2 rings (SSSR count). The molecular weight excluding hydrogens is 216 g/mol. The van der Waals surface area contributed by atoms with Crippen molar-refractivity contribution in [2.24, 2.45) is 0 Å². The summed E-state index contributed by atoms with van der Waals surface area (Å²) in [5.74, 6) is 0.0814. The first-order chi connectivity index (χ1) is 8.16. The quantitative estimate of drug-likeness (QED) is 0.762. The molecule has 0 aromatic carbocycles.